The van der Waals surface area contributed by atoms with Gasteiger partial charge in [0.25, 0.3) is 5.56 Å². The number of aromatic nitrogens is 2. The van der Waals surface area contributed by atoms with Gasteiger partial charge in [0, 0.05) is 11.8 Å². The van der Waals surface area contributed by atoms with Gasteiger partial charge in [-0.1, -0.05) is 56.2 Å². The Kier molecular flexibility index (Phi) is 10.0. The molecule has 1 aromatic heterocycles. The Morgan fingerprint density at radius 1 is 1.21 bits per heavy atom. The predicted octanol–water partition coefficient (Wildman–Crippen LogP) is 3.78. The number of aliphatic hydroxyl groups is 1. The van der Waals surface area contributed by atoms with Gasteiger partial charge in [-0.05, 0) is 31.7 Å². The number of unbranched alkanes of at least 4 members (excludes halogenated alkanes) is 2. The minimum Gasteiger partial charge on any atom is -0.464 e. The van der Waals surface area contributed by atoms with Gasteiger partial charge in [0.15, 0.2) is 0 Å². The van der Waals surface area contributed by atoms with Gasteiger partial charge in [0.1, 0.15) is 23.6 Å². The van der Waals surface area contributed by atoms with Crippen molar-refractivity contribution in [1.82, 2.24) is 14.6 Å². The van der Waals surface area contributed by atoms with Crippen LogP contribution in [0, 0.1) is 5.82 Å². The maximum atomic E-state index is 14.2. The number of H-pyrrole nitrogens is 1. The summed E-state index contributed by atoms with van der Waals surface area (Å²) in [4.78, 5) is 38.3. The average Bonchev–Trinajstić information content (AvgIpc) is 3.31. The smallest absolute Gasteiger partial charge is 0.459 e. The summed E-state index contributed by atoms with van der Waals surface area (Å²) in [5.41, 5.74) is -3.62. The van der Waals surface area contributed by atoms with Crippen molar-refractivity contribution >= 4 is 24.5 Å². The molecule has 1 saturated heterocycles. The van der Waals surface area contributed by atoms with E-state index in [9.17, 15) is 28.4 Å². The van der Waals surface area contributed by atoms with Crippen molar-refractivity contribution in [2.45, 2.75) is 70.4 Å². The zero-order valence-corrected chi connectivity index (χ0v) is 24.5. The Hall–Kier alpha value is -3.35. The molecule has 0 aliphatic carbocycles. The summed E-state index contributed by atoms with van der Waals surface area (Å²) < 4.78 is 51.6. The fraction of sp³-hybridized carbons (Fsp3) is 0.464. The topological polar surface area (TPSA) is 158 Å². The summed E-state index contributed by atoms with van der Waals surface area (Å²) in [7, 11) is -4.38. The number of ether oxygens (including phenoxy) is 2. The molecule has 3 aromatic rings. The van der Waals surface area contributed by atoms with Crippen LogP contribution in [0.15, 0.2) is 58.3 Å². The summed E-state index contributed by atoms with van der Waals surface area (Å²) >= 11 is 0. The van der Waals surface area contributed by atoms with E-state index in [2.05, 4.69) is 5.09 Å². The Morgan fingerprint density at radius 2 is 1.95 bits per heavy atom. The average molecular weight is 608 g/mol. The van der Waals surface area contributed by atoms with Crippen LogP contribution in [0.5, 0.6) is 5.75 Å². The maximum Gasteiger partial charge on any atom is 0.459 e. The quantitative estimate of drug-likeness (QED) is 0.148. The molecule has 14 heteroatoms. The highest BCUT2D eigenvalue weighted by Gasteiger charge is 2.43. The van der Waals surface area contributed by atoms with Gasteiger partial charge in [-0.3, -0.25) is 23.7 Å². The zero-order chi connectivity index (χ0) is 30.5. The fourth-order valence-electron chi connectivity index (χ4n) is 4.45. The Labute approximate surface area is 241 Å². The second kappa shape index (κ2) is 13.3. The van der Waals surface area contributed by atoms with Crippen LogP contribution in [0.1, 0.15) is 52.7 Å². The minimum atomic E-state index is -4.38. The summed E-state index contributed by atoms with van der Waals surface area (Å²) in [5, 5.41) is 14.7. The van der Waals surface area contributed by atoms with Crippen LogP contribution in [0.3, 0.4) is 0 Å². The first-order chi connectivity index (χ1) is 19.9. The highest BCUT2D eigenvalue weighted by Crippen LogP contribution is 2.48. The van der Waals surface area contributed by atoms with E-state index < -0.39 is 61.4 Å². The number of carbonyl (C=O) groups excluding carboxylic acids is 1. The van der Waals surface area contributed by atoms with Crippen LogP contribution in [-0.4, -0.2) is 51.6 Å². The molecule has 42 heavy (non-hydrogen) atoms. The van der Waals surface area contributed by atoms with E-state index in [1.807, 2.05) is 30.1 Å². The van der Waals surface area contributed by atoms with Crippen LogP contribution in [0.25, 0.3) is 10.8 Å². The number of hydrogen-bond donors (Lipinski definition) is 3. The molecule has 12 nitrogen and oxygen atoms in total. The van der Waals surface area contributed by atoms with Gasteiger partial charge in [0.2, 0.25) is 5.82 Å². The van der Waals surface area contributed by atoms with E-state index in [0.29, 0.717) is 18.0 Å². The lowest BCUT2D eigenvalue weighted by molar-refractivity contribution is -0.149. The van der Waals surface area contributed by atoms with Crippen molar-refractivity contribution in [2.75, 3.05) is 13.2 Å². The summed E-state index contributed by atoms with van der Waals surface area (Å²) in [5.74, 6) is -1.65. The molecule has 1 aliphatic rings. The normalized spacial score (nSPS) is 20.4. The van der Waals surface area contributed by atoms with Crippen molar-refractivity contribution < 1.29 is 37.4 Å². The Balaban J connectivity index is 1.55. The van der Waals surface area contributed by atoms with E-state index in [1.54, 1.807) is 24.3 Å². The van der Waals surface area contributed by atoms with E-state index in [4.69, 9.17) is 18.5 Å². The van der Waals surface area contributed by atoms with Gasteiger partial charge in [-0.25, -0.2) is 9.36 Å². The van der Waals surface area contributed by atoms with Crippen LogP contribution in [0.2, 0.25) is 0 Å². The molecule has 228 valence electrons. The molecule has 0 amide bonds. The molecule has 1 fully saturated rings. The summed E-state index contributed by atoms with van der Waals surface area (Å²) in [6.45, 7) is 4.68. The molecule has 1 aliphatic heterocycles. The lowest BCUT2D eigenvalue weighted by atomic mass is 10.1. The molecule has 1 unspecified atom stereocenters. The number of nitrogens with one attached hydrogen (secondary N) is 2. The van der Waals surface area contributed by atoms with E-state index >= 15 is 0 Å². The first kappa shape index (κ1) is 31.6. The largest absolute Gasteiger partial charge is 0.464 e. The second-order valence-electron chi connectivity index (χ2n) is 10.5. The molecule has 3 N–H and O–H groups in total. The fourth-order valence-corrected chi connectivity index (χ4v) is 6.15. The molecule has 0 saturated carbocycles. The molecule has 4 rings (SSSR count). The first-order valence-electron chi connectivity index (χ1n) is 13.7. The molecule has 2 heterocycles. The summed E-state index contributed by atoms with van der Waals surface area (Å²) in [6.07, 6.45) is -0.402. The standard InChI is InChI=1S/C28H35FN3O9P/c1-4-5-8-14-38-26(35)28(2,3)31-42(37,41-22-13-9-11-18-10-6-7-12-19(18)22)39-17-23-21(33)15-24(40-23)32-16-20(29)25(34)30-27(32)36/h6-7,9-13,16,21,23-24,33H,4-5,8,14-15,17H2,1-3H3,(H,31,37)(H,30,34,36)/t21-,23+,24+,42?/m0/s1. The number of halogens is 1. The number of aliphatic hydroxyl groups excluding tert-OH is 1. The van der Waals surface area contributed by atoms with E-state index in [1.165, 1.54) is 13.8 Å². The van der Waals surface area contributed by atoms with Crippen LogP contribution in [0.4, 0.5) is 4.39 Å². The lowest BCUT2D eigenvalue weighted by Crippen LogP contribution is -2.47. The number of rotatable bonds is 13. The zero-order valence-electron chi connectivity index (χ0n) is 23.6. The van der Waals surface area contributed by atoms with Crippen LogP contribution < -0.4 is 20.9 Å². The molecule has 0 radical (unpaired) electrons. The second-order valence-corrected chi connectivity index (χ2v) is 12.2. The third-order valence-electron chi connectivity index (χ3n) is 6.72. The van der Waals surface area contributed by atoms with Gasteiger partial charge in [-0.2, -0.15) is 9.48 Å². The molecule has 0 spiro atoms. The highest BCUT2D eigenvalue weighted by molar-refractivity contribution is 7.52. The van der Waals surface area contributed by atoms with Gasteiger partial charge >= 0.3 is 19.4 Å². The number of aromatic amines is 1. The third-order valence-corrected chi connectivity index (χ3v) is 8.48. The van der Waals surface area contributed by atoms with Crippen molar-refractivity contribution in [2.24, 2.45) is 0 Å². The maximum absolute atomic E-state index is 14.2. The lowest BCUT2D eigenvalue weighted by Gasteiger charge is -2.30. The van der Waals surface area contributed by atoms with Crippen LogP contribution in [-0.2, 0) is 23.4 Å². The molecular formula is C28H35FN3O9P. The number of carbonyl (C=O) groups is 1. The molecule has 0 bridgehead atoms. The third kappa shape index (κ3) is 7.53. The highest BCUT2D eigenvalue weighted by atomic mass is 31.2. The predicted molar refractivity (Wildman–Crippen MR) is 152 cm³/mol. The number of fused-ring (bicyclic) bond motifs is 1. The van der Waals surface area contributed by atoms with Gasteiger partial charge in [0.05, 0.1) is 25.5 Å². The van der Waals surface area contributed by atoms with Gasteiger partial charge < -0.3 is 19.1 Å². The number of esters is 1. The first-order valence-corrected chi connectivity index (χ1v) is 15.2. The van der Waals surface area contributed by atoms with Gasteiger partial charge in [-0.15, -0.1) is 0 Å². The SMILES string of the molecule is CCCCCOC(=O)C(C)(C)NP(=O)(OC[C@H]1O[C@@H](n2cc(F)c(=O)[nH]c2=O)C[C@@H]1O)Oc1cccc2ccccc12. The van der Waals surface area contributed by atoms with E-state index in [-0.39, 0.29) is 18.8 Å². The van der Waals surface area contributed by atoms with Crippen LogP contribution >= 0.6 is 7.75 Å². The molecular weight excluding hydrogens is 572 g/mol. The summed E-state index contributed by atoms with van der Waals surface area (Å²) in [6, 6.07) is 12.4. The van der Waals surface area contributed by atoms with Crippen molar-refractivity contribution in [3.05, 3.63) is 75.3 Å². The van der Waals surface area contributed by atoms with E-state index in [0.717, 1.165) is 22.8 Å². The molecule has 4 atom stereocenters. The van der Waals surface area contributed by atoms with Crippen molar-refractivity contribution in [3.8, 4) is 5.75 Å². The number of benzene rings is 2. The monoisotopic (exact) mass is 607 g/mol. The number of nitrogens with zero attached hydrogens (tertiary/aromatic N) is 1. The molecule has 2 aromatic carbocycles. The minimum absolute atomic E-state index is 0.142. The Morgan fingerprint density at radius 3 is 2.71 bits per heavy atom. The van der Waals surface area contributed by atoms with Crippen molar-refractivity contribution in [3.63, 3.8) is 0 Å². The Bertz CT molecular complexity index is 1570. The number of hydrogen-bond acceptors (Lipinski definition) is 9. The van der Waals surface area contributed by atoms with Crippen molar-refractivity contribution in [1.29, 1.82) is 0 Å².